The number of carbonyl (C=O) groups excluding carboxylic acids is 2. The quantitative estimate of drug-likeness (QED) is 0.705. The van der Waals surface area contributed by atoms with Gasteiger partial charge < -0.3 is 15.2 Å². The van der Waals surface area contributed by atoms with Crippen molar-refractivity contribution in [3.63, 3.8) is 0 Å². The highest BCUT2D eigenvalue weighted by molar-refractivity contribution is 7.15. The highest BCUT2D eigenvalue weighted by Gasteiger charge is 2.18. The molecule has 0 saturated heterocycles. The zero-order chi connectivity index (χ0) is 19.3. The van der Waals surface area contributed by atoms with E-state index in [0.717, 1.165) is 11.4 Å². The van der Waals surface area contributed by atoms with Gasteiger partial charge in [-0.1, -0.05) is 36.8 Å². The molecular formula is C16H19ClN4O4S. The molecule has 10 heteroatoms. The number of rotatable bonds is 8. The molecule has 0 fully saturated rings. The van der Waals surface area contributed by atoms with E-state index in [9.17, 15) is 9.59 Å². The third-order valence-corrected chi connectivity index (χ3v) is 4.26. The summed E-state index contributed by atoms with van der Waals surface area (Å²) in [5.41, 5.74) is 5.30. The van der Waals surface area contributed by atoms with Crippen molar-refractivity contribution in [1.82, 2.24) is 10.2 Å². The van der Waals surface area contributed by atoms with E-state index in [1.807, 2.05) is 0 Å². The summed E-state index contributed by atoms with van der Waals surface area (Å²) >= 11 is 7.46. The summed E-state index contributed by atoms with van der Waals surface area (Å²) in [6, 6.07) is 2.86. The van der Waals surface area contributed by atoms with Crippen LogP contribution in [0.4, 0.5) is 5.13 Å². The lowest BCUT2D eigenvalue weighted by atomic mass is 10.1. The molecule has 2 aromatic rings. The summed E-state index contributed by atoms with van der Waals surface area (Å²) in [5, 5.41) is 12.1. The van der Waals surface area contributed by atoms with Crippen LogP contribution < -0.4 is 20.5 Å². The molecule has 1 heterocycles. The van der Waals surface area contributed by atoms with E-state index in [2.05, 4.69) is 29.4 Å². The van der Waals surface area contributed by atoms with E-state index < -0.39 is 11.8 Å². The molecule has 0 unspecified atom stereocenters. The zero-order valence-corrected chi connectivity index (χ0v) is 16.1. The number of carbonyl (C=O) groups is 2. The van der Waals surface area contributed by atoms with Crippen LogP contribution in [0.3, 0.4) is 0 Å². The number of primary amides is 1. The second kappa shape index (κ2) is 8.81. The predicted molar refractivity (Wildman–Crippen MR) is 99.1 cm³/mol. The molecule has 0 saturated carbocycles. The fourth-order valence-electron chi connectivity index (χ4n) is 2.04. The average Bonchev–Trinajstić information content (AvgIpc) is 2.98. The Kier molecular flexibility index (Phi) is 6.76. The van der Waals surface area contributed by atoms with E-state index in [1.165, 1.54) is 30.6 Å². The molecule has 0 radical (unpaired) electrons. The molecular weight excluding hydrogens is 380 g/mol. The summed E-state index contributed by atoms with van der Waals surface area (Å²) in [7, 11) is 1.40. The van der Waals surface area contributed by atoms with Crippen molar-refractivity contribution in [2.75, 3.05) is 19.0 Å². The molecule has 0 spiro atoms. The van der Waals surface area contributed by atoms with Crippen LogP contribution in [0.5, 0.6) is 11.5 Å². The van der Waals surface area contributed by atoms with Crippen molar-refractivity contribution in [1.29, 1.82) is 0 Å². The Labute approximate surface area is 159 Å². The Bertz CT molecular complexity index is 810. The topological polar surface area (TPSA) is 116 Å². The number of ether oxygens (including phenoxy) is 2. The number of nitrogens with zero attached hydrogens (tertiary/aromatic N) is 2. The number of hydrogen-bond donors (Lipinski definition) is 2. The molecule has 0 aliphatic carbocycles. The average molecular weight is 399 g/mol. The van der Waals surface area contributed by atoms with Crippen LogP contribution in [0.25, 0.3) is 0 Å². The second-order valence-electron chi connectivity index (χ2n) is 5.80. The van der Waals surface area contributed by atoms with Gasteiger partial charge in [0.2, 0.25) is 5.13 Å². The van der Waals surface area contributed by atoms with E-state index >= 15 is 0 Å². The first kappa shape index (κ1) is 19.9. The SMILES string of the molecule is COc1cc(C(=O)Nc2nnc(CC(C)C)s2)cc(Cl)c1OCC(N)=O. The van der Waals surface area contributed by atoms with E-state index in [-0.39, 0.29) is 28.7 Å². The first-order chi connectivity index (χ1) is 12.3. The Hall–Kier alpha value is -2.39. The van der Waals surface area contributed by atoms with Gasteiger partial charge in [-0.25, -0.2) is 0 Å². The van der Waals surface area contributed by atoms with E-state index in [1.54, 1.807) is 0 Å². The largest absolute Gasteiger partial charge is 0.493 e. The number of aromatic nitrogens is 2. The maximum Gasteiger partial charge on any atom is 0.257 e. The molecule has 0 aliphatic heterocycles. The number of benzene rings is 1. The minimum absolute atomic E-state index is 0.119. The molecule has 2 amide bonds. The van der Waals surface area contributed by atoms with Crippen molar-refractivity contribution in [2.24, 2.45) is 11.7 Å². The van der Waals surface area contributed by atoms with Crippen LogP contribution in [-0.2, 0) is 11.2 Å². The van der Waals surface area contributed by atoms with Crippen molar-refractivity contribution in [3.05, 3.63) is 27.7 Å². The number of methoxy groups -OCH3 is 1. The fraction of sp³-hybridized carbons (Fsp3) is 0.375. The summed E-state index contributed by atoms with van der Waals surface area (Å²) < 4.78 is 10.4. The summed E-state index contributed by atoms with van der Waals surface area (Å²) in [5.74, 6) is -0.277. The van der Waals surface area contributed by atoms with Gasteiger partial charge in [0.15, 0.2) is 18.1 Å². The van der Waals surface area contributed by atoms with Gasteiger partial charge in [0, 0.05) is 12.0 Å². The molecule has 3 N–H and O–H groups in total. The van der Waals surface area contributed by atoms with Gasteiger partial charge in [0.05, 0.1) is 12.1 Å². The lowest BCUT2D eigenvalue weighted by Gasteiger charge is -2.13. The minimum atomic E-state index is -0.654. The summed E-state index contributed by atoms with van der Waals surface area (Å²) in [6.07, 6.45) is 0.791. The van der Waals surface area contributed by atoms with Crippen LogP contribution in [0.2, 0.25) is 5.02 Å². The van der Waals surface area contributed by atoms with Gasteiger partial charge >= 0.3 is 0 Å². The molecule has 1 aromatic carbocycles. The monoisotopic (exact) mass is 398 g/mol. The van der Waals surface area contributed by atoms with Crippen LogP contribution >= 0.6 is 22.9 Å². The van der Waals surface area contributed by atoms with Crippen molar-refractivity contribution < 1.29 is 19.1 Å². The maximum atomic E-state index is 12.4. The minimum Gasteiger partial charge on any atom is -0.493 e. The molecule has 0 bridgehead atoms. The van der Waals surface area contributed by atoms with Gasteiger partial charge in [0.1, 0.15) is 5.01 Å². The lowest BCUT2D eigenvalue weighted by molar-refractivity contribution is -0.119. The van der Waals surface area contributed by atoms with Gasteiger partial charge in [-0.15, -0.1) is 10.2 Å². The highest BCUT2D eigenvalue weighted by Crippen LogP contribution is 2.36. The number of halogens is 1. The van der Waals surface area contributed by atoms with Crippen molar-refractivity contribution in [2.45, 2.75) is 20.3 Å². The smallest absolute Gasteiger partial charge is 0.257 e. The number of anilines is 1. The molecule has 26 heavy (non-hydrogen) atoms. The maximum absolute atomic E-state index is 12.4. The number of hydrogen-bond acceptors (Lipinski definition) is 7. The van der Waals surface area contributed by atoms with Crippen LogP contribution in [0.1, 0.15) is 29.2 Å². The molecule has 140 valence electrons. The fourth-order valence-corrected chi connectivity index (χ4v) is 3.25. The predicted octanol–water partition coefficient (Wildman–Crippen LogP) is 2.52. The van der Waals surface area contributed by atoms with Gasteiger partial charge in [0.25, 0.3) is 11.8 Å². The first-order valence-electron chi connectivity index (χ1n) is 7.72. The van der Waals surface area contributed by atoms with Crippen LogP contribution in [-0.4, -0.2) is 35.7 Å². The standard InChI is InChI=1S/C16H19ClN4O4S/c1-8(2)4-13-20-21-16(26-13)19-15(23)9-5-10(17)14(11(6-9)24-3)25-7-12(18)22/h5-6,8H,4,7H2,1-3H3,(H2,18,22)(H,19,21,23). The van der Waals surface area contributed by atoms with Crippen LogP contribution in [0, 0.1) is 5.92 Å². The Balaban J connectivity index is 2.17. The van der Waals surface area contributed by atoms with Gasteiger partial charge in [-0.2, -0.15) is 0 Å². The summed E-state index contributed by atoms with van der Waals surface area (Å²) in [6.45, 7) is 3.80. The molecule has 0 atom stereocenters. The zero-order valence-electron chi connectivity index (χ0n) is 14.5. The lowest BCUT2D eigenvalue weighted by Crippen LogP contribution is -2.20. The number of nitrogens with two attached hydrogens (primary N) is 1. The molecule has 8 nitrogen and oxygen atoms in total. The Morgan fingerprint density at radius 1 is 1.35 bits per heavy atom. The molecule has 2 rings (SSSR count). The molecule has 0 aliphatic rings. The Morgan fingerprint density at radius 2 is 2.08 bits per heavy atom. The molecule has 1 aromatic heterocycles. The summed E-state index contributed by atoms with van der Waals surface area (Å²) in [4.78, 5) is 23.3. The normalized spacial score (nSPS) is 10.7. The number of nitrogens with one attached hydrogen (secondary N) is 1. The Morgan fingerprint density at radius 3 is 2.69 bits per heavy atom. The van der Waals surface area contributed by atoms with E-state index in [0.29, 0.717) is 11.0 Å². The van der Waals surface area contributed by atoms with Crippen molar-refractivity contribution in [3.8, 4) is 11.5 Å². The third kappa shape index (κ3) is 5.30. The van der Waals surface area contributed by atoms with Crippen molar-refractivity contribution >= 4 is 39.9 Å². The third-order valence-electron chi connectivity index (χ3n) is 3.12. The van der Waals surface area contributed by atoms with E-state index in [4.69, 9.17) is 26.8 Å². The van der Waals surface area contributed by atoms with Gasteiger partial charge in [-0.3, -0.25) is 14.9 Å². The first-order valence-corrected chi connectivity index (χ1v) is 8.92. The highest BCUT2D eigenvalue weighted by atomic mass is 35.5. The van der Waals surface area contributed by atoms with Gasteiger partial charge in [-0.05, 0) is 18.1 Å². The second-order valence-corrected chi connectivity index (χ2v) is 7.27. The van der Waals surface area contributed by atoms with Crippen LogP contribution in [0.15, 0.2) is 12.1 Å². The number of amides is 2.